The summed E-state index contributed by atoms with van der Waals surface area (Å²) in [5.41, 5.74) is 9.78. The van der Waals surface area contributed by atoms with Gasteiger partial charge in [0.1, 0.15) is 0 Å². The maximum absolute atomic E-state index is 5.16. The van der Waals surface area contributed by atoms with E-state index in [9.17, 15) is 0 Å². The van der Waals surface area contributed by atoms with Crippen LogP contribution in [0, 0.1) is 47.0 Å². The second kappa shape index (κ2) is 8.52. The molecule has 0 amide bonds. The van der Waals surface area contributed by atoms with Gasteiger partial charge in [-0.05, 0) is 69.2 Å². The normalized spacial score (nSPS) is 23.4. The molecule has 2 fully saturated rings. The molecule has 4 rings (SSSR count). The van der Waals surface area contributed by atoms with Crippen LogP contribution in [0.25, 0.3) is 0 Å². The summed E-state index contributed by atoms with van der Waals surface area (Å²) < 4.78 is 0. The molecule has 2 unspecified atom stereocenters. The average Bonchev–Trinajstić information content (AvgIpc) is 3.16. The molecular weight excluding hydrogens is 375 g/mol. The molecule has 2 atom stereocenters. The Morgan fingerprint density at radius 1 is 0.667 bits per heavy atom. The first-order chi connectivity index (χ1) is 12.0. The monoisotopic (exact) mass is 403 g/mol. The van der Waals surface area contributed by atoms with Gasteiger partial charge in [0.2, 0.25) is 0 Å². The van der Waals surface area contributed by atoms with Crippen LogP contribution in [0.1, 0.15) is 41.5 Å². The third-order valence-electron chi connectivity index (χ3n) is 5.81. The molecule has 2 aromatic rings. The average molecular weight is 404 g/mol. The summed E-state index contributed by atoms with van der Waals surface area (Å²) in [7, 11) is 0. The summed E-state index contributed by atoms with van der Waals surface area (Å²) in [5.74, 6) is 1.18. The summed E-state index contributed by atoms with van der Waals surface area (Å²) in [6, 6.07) is 12.8. The predicted molar refractivity (Wildman–Crippen MR) is 113 cm³/mol. The summed E-state index contributed by atoms with van der Waals surface area (Å²) in [5, 5.41) is 0. The number of fused-ring (bicyclic) bond motifs is 2. The molecule has 2 nitrogen and oxygen atoms in total. The largest absolute Gasteiger partial charge is 0.358 e. The molecule has 0 heterocycles. The van der Waals surface area contributed by atoms with Crippen molar-refractivity contribution in [3.8, 4) is 0 Å². The van der Waals surface area contributed by atoms with E-state index in [2.05, 4.69) is 64.1 Å². The van der Waals surface area contributed by atoms with Crippen molar-refractivity contribution in [2.24, 2.45) is 21.8 Å². The van der Waals surface area contributed by atoms with Crippen LogP contribution in [-0.4, -0.2) is 11.4 Å². The number of hydrogen-bond acceptors (Lipinski definition) is 2. The summed E-state index contributed by atoms with van der Waals surface area (Å²) in [4.78, 5) is 10.3. The number of rotatable bonds is 2. The van der Waals surface area contributed by atoms with Crippen molar-refractivity contribution < 1.29 is 16.5 Å². The van der Waals surface area contributed by atoms with E-state index in [-0.39, 0.29) is 23.9 Å². The van der Waals surface area contributed by atoms with Gasteiger partial charge in [-0.25, -0.2) is 0 Å². The molecule has 27 heavy (non-hydrogen) atoms. The molecule has 2 saturated carbocycles. The van der Waals surface area contributed by atoms with Crippen LogP contribution in [0.15, 0.2) is 46.4 Å². The molecular formula is C24H29N2Ni-. The Bertz CT molecular complexity index is 781. The van der Waals surface area contributed by atoms with E-state index in [1.165, 1.54) is 52.9 Å². The van der Waals surface area contributed by atoms with Gasteiger partial charge in [-0.1, -0.05) is 36.4 Å². The predicted octanol–water partition coefficient (Wildman–Crippen LogP) is 6.64. The van der Waals surface area contributed by atoms with Gasteiger partial charge in [-0.2, -0.15) is 0 Å². The van der Waals surface area contributed by atoms with Crippen molar-refractivity contribution in [2.45, 2.75) is 47.0 Å². The second-order valence-corrected chi connectivity index (χ2v) is 7.68. The Kier molecular flexibility index (Phi) is 6.81. The van der Waals surface area contributed by atoms with Gasteiger partial charge in [0.25, 0.3) is 0 Å². The molecule has 2 aromatic carbocycles. The number of aliphatic imine (C=N–C) groups is 2. The molecule has 2 bridgehead atoms. The molecule has 3 heteroatoms. The summed E-state index contributed by atoms with van der Waals surface area (Å²) in [6.45, 7) is 8.62. The van der Waals surface area contributed by atoms with Crippen LogP contribution >= 0.6 is 0 Å². The second-order valence-electron chi connectivity index (χ2n) is 7.68. The van der Waals surface area contributed by atoms with Gasteiger partial charge in [0.15, 0.2) is 0 Å². The third kappa shape index (κ3) is 3.94. The van der Waals surface area contributed by atoms with Crippen LogP contribution in [0.2, 0.25) is 0 Å². The Balaban J connectivity index is 0.00000131. The van der Waals surface area contributed by atoms with Crippen LogP contribution < -0.4 is 0 Å². The first-order valence-electron chi connectivity index (χ1n) is 9.34. The van der Waals surface area contributed by atoms with Gasteiger partial charge >= 0.3 is 0 Å². The smallest absolute Gasteiger partial charge is 0.0692 e. The first-order valence-corrected chi connectivity index (χ1v) is 9.34. The fourth-order valence-electron chi connectivity index (χ4n) is 4.40. The molecule has 0 saturated heterocycles. The maximum atomic E-state index is 5.16. The van der Waals surface area contributed by atoms with E-state index in [1.807, 2.05) is 0 Å². The Morgan fingerprint density at radius 2 is 1.00 bits per heavy atom. The van der Waals surface area contributed by atoms with Gasteiger partial charge in [0, 0.05) is 28.3 Å². The molecule has 2 aliphatic carbocycles. The minimum atomic E-state index is 0. The minimum absolute atomic E-state index is 0. The fourth-order valence-corrected chi connectivity index (χ4v) is 4.40. The SMILES string of the molecule is Cc1cccc(C)c1N=C1C(=Nc2c(C)cccc2C)C2CCC1C2.[CH3-].[Ni]. The van der Waals surface area contributed by atoms with E-state index in [1.54, 1.807) is 0 Å². The molecule has 0 radical (unpaired) electrons. The molecule has 0 N–H and O–H groups in total. The Labute approximate surface area is 174 Å². The van der Waals surface area contributed by atoms with Crippen LogP contribution in [0.5, 0.6) is 0 Å². The van der Waals surface area contributed by atoms with E-state index in [0.29, 0.717) is 11.8 Å². The standard InChI is InChI=1S/C23H26N2.CH3.Ni/c1-14-7-5-8-15(2)20(14)24-22-18-11-12-19(13-18)23(22)25-21-16(3)9-6-10-17(21)4;;/h5-10,18-19H,11-13H2,1-4H3;1H3;/q;-1;. The quantitative estimate of drug-likeness (QED) is 0.396. The molecule has 2 aliphatic rings. The minimum Gasteiger partial charge on any atom is -0.358 e. The number of nitrogens with zero attached hydrogens (tertiary/aromatic N) is 2. The number of aryl methyl sites for hydroxylation is 4. The zero-order chi connectivity index (χ0) is 17.6. The van der Waals surface area contributed by atoms with Gasteiger partial charge < -0.3 is 7.43 Å². The summed E-state index contributed by atoms with van der Waals surface area (Å²) in [6.07, 6.45) is 3.76. The van der Waals surface area contributed by atoms with Crippen molar-refractivity contribution in [3.63, 3.8) is 0 Å². The van der Waals surface area contributed by atoms with E-state index >= 15 is 0 Å². The van der Waals surface area contributed by atoms with E-state index < -0.39 is 0 Å². The van der Waals surface area contributed by atoms with Crippen LogP contribution in [-0.2, 0) is 16.5 Å². The molecule has 0 spiro atoms. The van der Waals surface area contributed by atoms with Gasteiger partial charge in [0.05, 0.1) is 22.8 Å². The van der Waals surface area contributed by atoms with Crippen molar-refractivity contribution >= 4 is 22.8 Å². The third-order valence-corrected chi connectivity index (χ3v) is 5.81. The summed E-state index contributed by atoms with van der Waals surface area (Å²) >= 11 is 0. The Hall–Kier alpha value is -1.73. The van der Waals surface area contributed by atoms with E-state index in [4.69, 9.17) is 9.98 Å². The van der Waals surface area contributed by atoms with Crippen molar-refractivity contribution in [3.05, 3.63) is 66.1 Å². The number of benzene rings is 2. The van der Waals surface area contributed by atoms with Crippen LogP contribution in [0.4, 0.5) is 11.4 Å². The topological polar surface area (TPSA) is 24.7 Å². The van der Waals surface area contributed by atoms with E-state index in [0.717, 1.165) is 11.4 Å². The molecule has 0 aromatic heterocycles. The van der Waals surface area contributed by atoms with Gasteiger partial charge in [-0.3, -0.25) is 9.98 Å². The number of hydrogen-bond donors (Lipinski definition) is 0. The van der Waals surface area contributed by atoms with Crippen molar-refractivity contribution in [2.75, 3.05) is 0 Å². The zero-order valence-electron chi connectivity index (χ0n) is 17.0. The molecule has 146 valence electrons. The van der Waals surface area contributed by atoms with Crippen molar-refractivity contribution in [1.29, 1.82) is 0 Å². The Morgan fingerprint density at radius 3 is 1.33 bits per heavy atom. The number of para-hydroxylation sites is 2. The molecule has 0 aliphatic heterocycles. The zero-order valence-corrected chi connectivity index (χ0v) is 17.9. The maximum Gasteiger partial charge on any atom is 0.0692 e. The van der Waals surface area contributed by atoms with Crippen LogP contribution in [0.3, 0.4) is 0 Å². The van der Waals surface area contributed by atoms with Gasteiger partial charge in [-0.15, -0.1) is 0 Å². The van der Waals surface area contributed by atoms with Crippen molar-refractivity contribution in [1.82, 2.24) is 0 Å². The first kappa shape index (κ1) is 21.6. The fraction of sp³-hybridized carbons (Fsp3) is 0.375.